The van der Waals surface area contributed by atoms with Crippen LogP contribution in [0.5, 0.6) is 5.75 Å². The maximum atomic E-state index is 12.8. The van der Waals surface area contributed by atoms with E-state index < -0.39 is 0 Å². The largest absolute Gasteiger partial charge is 0.497 e. The van der Waals surface area contributed by atoms with Gasteiger partial charge in [-0.1, -0.05) is 26.7 Å². The van der Waals surface area contributed by atoms with Crippen LogP contribution in [0.25, 0.3) is 0 Å². The minimum Gasteiger partial charge on any atom is -0.497 e. The molecule has 0 saturated carbocycles. The minimum atomic E-state index is -0.136. The lowest BCUT2D eigenvalue weighted by Gasteiger charge is -2.21. The number of amides is 1. The molecule has 3 rings (SSSR count). The van der Waals surface area contributed by atoms with Gasteiger partial charge in [-0.15, -0.1) is 0 Å². The summed E-state index contributed by atoms with van der Waals surface area (Å²) in [5, 5.41) is 3.07. The molecule has 1 amide bonds. The number of nitrogens with one attached hydrogen (secondary N) is 1. The number of rotatable bonds is 10. The van der Waals surface area contributed by atoms with E-state index in [2.05, 4.69) is 40.1 Å². The fraction of sp³-hybridized carbons (Fsp3) is 0.520. The number of hydrogen-bond donors (Lipinski definition) is 1. The molecule has 7 heteroatoms. The smallest absolute Gasteiger partial charge is 0.265 e. The molecule has 1 aromatic carbocycles. The molecular weight excluding hydrogens is 402 g/mol. The molecule has 0 unspecified atom stereocenters. The molecule has 2 heterocycles. The van der Waals surface area contributed by atoms with Gasteiger partial charge in [-0.25, -0.2) is 15.0 Å². The summed E-state index contributed by atoms with van der Waals surface area (Å²) in [5.74, 6) is 1.95. The zero-order valence-corrected chi connectivity index (χ0v) is 19.9. The maximum absolute atomic E-state index is 12.8. The van der Waals surface area contributed by atoms with E-state index in [1.54, 1.807) is 20.4 Å². The number of aryl methyl sites for hydroxylation is 1. The van der Waals surface area contributed by atoms with Crippen molar-refractivity contribution in [1.29, 1.82) is 0 Å². The van der Waals surface area contributed by atoms with Crippen LogP contribution in [0.4, 0.5) is 17.2 Å². The lowest BCUT2D eigenvalue weighted by Crippen LogP contribution is -2.33. The van der Waals surface area contributed by atoms with E-state index in [4.69, 9.17) is 9.73 Å². The van der Waals surface area contributed by atoms with E-state index in [0.717, 1.165) is 61.6 Å². The first kappa shape index (κ1) is 23.7. The summed E-state index contributed by atoms with van der Waals surface area (Å²) in [6, 6.07) is 6.07. The van der Waals surface area contributed by atoms with Crippen LogP contribution in [0.3, 0.4) is 0 Å². The normalized spacial score (nSPS) is 13.4. The SMILES string of the molecule is CCCC(CCC)CNC(=O)C(C)=Nc1c(C)ncnc1N1CCc2cc(OC)ccc21. The van der Waals surface area contributed by atoms with Crippen LogP contribution in [0.15, 0.2) is 29.5 Å². The molecule has 0 bridgehead atoms. The molecule has 172 valence electrons. The number of carbonyl (C=O) groups is 1. The number of aromatic nitrogens is 2. The Morgan fingerprint density at radius 3 is 2.69 bits per heavy atom. The summed E-state index contributed by atoms with van der Waals surface area (Å²) < 4.78 is 5.36. The van der Waals surface area contributed by atoms with Crippen molar-refractivity contribution in [3.05, 3.63) is 35.8 Å². The second kappa shape index (κ2) is 11.1. The second-order valence-electron chi connectivity index (χ2n) is 8.38. The Hall–Kier alpha value is -2.96. The van der Waals surface area contributed by atoms with E-state index in [1.165, 1.54) is 5.56 Å². The minimum absolute atomic E-state index is 0.136. The molecule has 1 aliphatic rings. The van der Waals surface area contributed by atoms with Crippen LogP contribution in [0, 0.1) is 12.8 Å². The van der Waals surface area contributed by atoms with Crippen molar-refractivity contribution in [2.75, 3.05) is 25.1 Å². The molecule has 32 heavy (non-hydrogen) atoms. The zero-order chi connectivity index (χ0) is 23.1. The van der Waals surface area contributed by atoms with E-state index in [1.807, 2.05) is 19.1 Å². The monoisotopic (exact) mass is 437 g/mol. The zero-order valence-electron chi connectivity index (χ0n) is 19.9. The lowest BCUT2D eigenvalue weighted by molar-refractivity contribution is -0.115. The first-order valence-electron chi connectivity index (χ1n) is 11.6. The van der Waals surface area contributed by atoms with Gasteiger partial charge in [0.15, 0.2) is 5.82 Å². The molecule has 0 spiro atoms. The Balaban J connectivity index is 1.82. The van der Waals surface area contributed by atoms with Crippen LogP contribution in [0.2, 0.25) is 0 Å². The Morgan fingerprint density at radius 1 is 1.25 bits per heavy atom. The third kappa shape index (κ3) is 5.44. The van der Waals surface area contributed by atoms with Gasteiger partial charge in [0.05, 0.1) is 12.8 Å². The van der Waals surface area contributed by atoms with Gasteiger partial charge >= 0.3 is 0 Å². The van der Waals surface area contributed by atoms with Crippen molar-refractivity contribution in [3.8, 4) is 5.75 Å². The number of anilines is 2. The lowest BCUT2D eigenvalue weighted by atomic mass is 9.98. The molecule has 1 aromatic heterocycles. The maximum Gasteiger partial charge on any atom is 0.265 e. The van der Waals surface area contributed by atoms with E-state index in [9.17, 15) is 4.79 Å². The summed E-state index contributed by atoms with van der Waals surface area (Å²) in [7, 11) is 1.68. The summed E-state index contributed by atoms with van der Waals surface area (Å²) in [4.78, 5) is 28.5. The van der Waals surface area contributed by atoms with Crippen molar-refractivity contribution in [1.82, 2.24) is 15.3 Å². The second-order valence-corrected chi connectivity index (χ2v) is 8.38. The number of methoxy groups -OCH3 is 1. The number of hydrogen-bond acceptors (Lipinski definition) is 6. The van der Waals surface area contributed by atoms with Crippen molar-refractivity contribution in [2.45, 2.75) is 59.8 Å². The average molecular weight is 438 g/mol. The van der Waals surface area contributed by atoms with Gasteiger partial charge in [-0.05, 0) is 62.8 Å². The molecule has 0 saturated heterocycles. The van der Waals surface area contributed by atoms with Gasteiger partial charge in [0.1, 0.15) is 23.5 Å². The molecule has 0 aliphatic carbocycles. The number of aliphatic imine (C=N–C) groups is 1. The molecule has 0 atom stereocenters. The molecule has 0 radical (unpaired) electrons. The van der Waals surface area contributed by atoms with Crippen LogP contribution in [-0.4, -0.2) is 41.8 Å². The van der Waals surface area contributed by atoms with E-state index >= 15 is 0 Å². The highest BCUT2D eigenvalue weighted by Gasteiger charge is 2.25. The van der Waals surface area contributed by atoms with Crippen molar-refractivity contribution in [3.63, 3.8) is 0 Å². The number of benzene rings is 1. The van der Waals surface area contributed by atoms with Crippen molar-refractivity contribution >= 4 is 28.8 Å². The number of ether oxygens (including phenoxy) is 1. The fourth-order valence-corrected chi connectivity index (χ4v) is 4.26. The topological polar surface area (TPSA) is 79.7 Å². The van der Waals surface area contributed by atoms with Gasteiger partial charge in [0.2, 0.25) is 0 Å². The summed E-state index contributed by atoms with van der Waals surface area (Å²) in [5.41, 5.74) is 4.11. The molecule has 1 aliphatic heterocycles. The summed E-state index contributed by atoms with van der Waals surface area (Å²) in [6.45, 7) is 9.50. The average Bonchev–Trinajstić information content (AvgIpc) is 3.21. The first-order valence-corrected chi connectivity index (χ1v) is 11.6. The fourth-order valence-electron chi connectivity index (χ4n) is 4.26. The Labute approximate surface area is 191 Å². The molecule has 1 N–H and O–H groups in total. The van der Waals surface area contributed by atoms with Crippen LogP contribution in [0.1, 0.15) is 57.7 Å². The van der Waals surface area contributed by atoms with Gasteiger partial charge in [-0.2, -0.15) is 0 Å². The standard InChI is InChI=1S/C25H35N5O2/c1-6-8-19(9-7-2)15-26-25(31)18(4)29-23-17(3)27-16-28-24(23)30-13-12-20-14-21(32-5)10-11-22(20)30/h10-11,14,16,19H,6-9,12-13,15H2,1-5H3,(H,26,31). The van der Waals surface area contributed by atoms with Crippen LogP contribution < -0.4 is 15.0 Å². The Morgan fingerprint density at radius 2 is 2.00 bits per heavy atom. The highest BCUT2D eigenvalue weighted by Crippen LogP contribution is 2.40. The van der Waals surface area contributed by atoms with Crippen LogP contribution >= 0.6 is 0 Å². The molecule has 0 fully saturated rings. The van der Waals surface area contributed by atoms with Gasteiger partial charge in [-0.3, -0.25) is 4.79 Å². The van der Waals surface area contributed by atoms with E-state index in [0.29, 0.717) is 23.9 Å². The quantitative estimate of drug-likeness (QED) is 0.534. The number of nitrogens with zero attached hydrogens (tertiary/aromatic N) is 4. The number of fused-ring (bicyclic) bond motifs is 1. The predicted octanol–water partition coefficient (Wildman–Crippen LogP) is 4.91. The summed E-state index contributed by atoms with van der Waals surface area (Å²) in [6.07, 6.45) is 6.95. The van der Waals surface area contributed by atoms with Gasteiger partial charge in [0.25, 0.3) is 5.91 Å². The highest BCUT2D eigenvalue weighted by atomic mass is 16.5. The summed E-state index contributed by atoms with van der Waals surface area (Å²) >= 11 is 0. The Kier molecular flexibility index (Phi) is 8.20. The van der Waals surface area contributed by atoms with Gasteiger partial charge < -0.3 is 15.0 Å². The Bertz CT molecular complexity index is 967. The third-order valence-electron chi connectivity index (χ3n) is 5.98. The van der Waals surface area contributed by atoms with Gasteiger partial charge in [0, 0.05) is 18.8 Å². The molecule has 2 aromatic rings. The third-order valence-corrected chi connectivity index (χ3v) is 5.98. The van der Waals surface area contributed by atoms with Crippen molar-refractivity contribution in [2.24, 2.45) is 10.9 Å². The number of carbonyl (C=O) groups excluding carboxylic acids is 1. The first-order chi connectivity index (χ1) is 15.5. The molecule has 7 nitrogen and oxygen atoms in total. The predicted molar refractivity (Wildman–Crippen MR) is 130 cm³/mol. The van der Waals surface area contributed by atoms with Crippen LogP contribution in [-0.2, 0) is 11.2 Å². The highest BCUT2D eigenvalue weighted by molar-refractivity contribution is 6.38. The van der Waals surface area contributed by atoms with Crippen molar-refractivity contribution < 1.29 is 9.53 Å². The molecular formula is C25H35N5O2. The van der Waals surface area contributed by atoms with E-state index in [-0.39, 0.29) is 5.91 Å².